The zero-order valence-electron chi connectivity index (χ0n) is 12.2. The maximum atomic E-state index is 11.9. The number of carbonyl (C=O) groups excluding carboxylic acids is 1. The molecule has 0 aliphatic carbocycles. The normalized spacial score (nSPS) is 10.3. The summed E-state index contributed by atoms with van der Waals surface area (Å²) in [7, 11) is 0. The van der Waals surface area contributed by atoms with Crippen LogP contribution in [0.25, 0.3) is 0 Å². The van der Waals surface area contributed by atoms with Crippen molar-refractivity contribution in [1.29, 1.82) is 0 Å². The second-order valence-electron chi connectivity index (χ2n) is 4.94. The molecule has 3 nitrogen and oxygen atoms in total. The van der Waals surface area contributed by atoms with Crippen LogP contribution < -0.4 is 10.1 Å². The van der Waals surface area contributed by atoms with Gasteiger partial charge in [-0.3, -0.25) is 4.79 Å². The van der Waals surface area contributed by atoms with Crippen molar-refractivity contribution in [1.82, 2.24) is 0 Å². The van der Waals surface area contributed by atoms with E-state index in [2.05, 4.69) is 37.2 Å². The first-order valence-electron chi connectivity index (χ1n) is 6.99. The quantitative estimate of drug-likeness (QED) is 0.635. The number of anilines is 1. The fourth-order valence-corrected chi connectivity index (χ4v) is 2.93. The number of ether oxygens (including phenoxy) is 1. The summed E-state index contributed by atoms with van der Waals surface area (Å²) in [6.45, 7) is 2.54. The standard InChI is InChI=1S/C17H17Br2NO2/c1-12-7-8-16(15(19)10-12)22-9-3-6-17(21)20-14-5-2-4-13(18)11-14/h2,4-5,7-8,10-11H,3,6,9H2,1H3,(H,20,21). The summed E-state index contributed by atoms with van der Waals surface area (Å²) < 4.78 is 7.56. The van der Waals surface area contributed by atoms with Gasteiger partial charge in [-0.2, -0.15) is 0 Å². The molecule has 0 heterocycles. The van der Waals surface area contributed by atoms with E-state index in [4.69, 9.17) is 4.74 Å². The molecule has 0 radical (unpaired) electrons. The Morgan fingerprint density at radius 3 is 2.73 bits per heavy atom. The number of amides is 1. The van der Waals surface area contributed by atoms with Crippen molar-refractivity contribution in [3.8, 4) is 5.75 Å². The number of hydrogen-bond acceptors (Lipinski definition) is 2. The maximum Gasteiger partial charge on any atom is 0.224 e. The largest absolute Gasteiger partial charge is 0.492 e. The van der Waals surface area contributed by atoms with E-state index in [1.54, 1.807) is 0 Å². The highest BCUT2D eigenvalue weighted by atomic mass is 79.9. The number of aryl methyl sites for hydroxylation is 1. The van der Waals surface area contributed by atoms with Gasteiger partial charge in [0.2, 0.25) is 5.91 Å². The molecule has 2 rings (SSSR count). The van der Waals surface area contributed by atoms with Gasteiger partial charge < -0.3 is 10.1 Å². The molecule has 2 aromatic carbocycles. The predicted octanol–water partition coefficient (Wildman–Crippen LogP) is 5.32. The lowest BCUT2D eigenvalue weighted by Gasteiger charge is -2.09. The lowest BCUT2D eigenvalue weighted by atomic mass is 10.2. The van der Waals surface area contributed by atoms with Crippen molar-refractivity contribution in [2.75, 3.05) is 11.9 Å². The van der Waals surface area contributed by atoms with Crippen LogP contribution in [0.1, 0.15) is 18.4 Å². The van der Waals surface area contributed by atoms with E-state index in [0.717, 1.165) is 20.4 Å². The van der Waals surface area contributed by atoms with E-state index < -0.39 is 0 Å². The van der Waals surface area contributed by atoms with Crippen molar-refractivity contribution in [2.24, 2.45) is 0 Å². The minimum absolute atomic E-state index is 0.00956. The fourth-order valence-electron chi connectivity index (χ4n) is 1.93. The van der Waals surface area contributed by atoms with Gasteiger partial charge in [0.15, 0.2) is 0 Å². The molecule has 0 spiro atoms. The molecule has 2 aromatic rings. The van der Waals surface area contributed by atoms with Crippen LogP contribution in [0.3, 0.4) is 0 Å². The Morgan fingerprint density at radius 2 is 2.00 bits per heavy atom. The maximum absolute atomic E-state index is 11.9. The van der Waals surface area contributed by atoms with E-state index in [9.17, 15) is 4.79 Å². The summed E-state index contributed by atoms with van der Waals surface area (Å²) in [5, 5.41) is 2.87. The number of benzene rings is 2. The van der Waals surface area contributed by atoms with Crippen LogP contribution in [-0.2, 0) is 4.79 Å². The Kier molecular flexibility index (Phi) is 6.46. The first-order valence-corrected chi connectivity index (χ1v) is 8.57. The Bertz CT molecular complexity index is 659. The van der Waals surface area contributed by atoms with Gasteiger partial charge in [-0.15, -0.1) is 0 Å². The van der Waals surface area contributed by atoms with Gasteiger partial charge in [0.05, 0.1) is 11.1 Å². The first-order chi connectivity index (χ1) is 10.5. The molecule has 0 saturated carbocycles. The molecule has 0 aliphatic rings. The van der Waals surface area contributed by atoms with Gasteiger partial charge in [0.25, 0.3) is 0 Å². The number of carbonyl (C=O) groups is 1. The van der Waals surface area contributed by atoms with Crippen molar-refractivity contribution in [3.63, 3.8) is 0 Å². The summed E-state index contributed by atoms with van der Waals surface area (Å²) in [4.78, 5) is 11.9. The lowest BCUT2D eigenvalue weighted by Crippen LogP contribution is -2.12. The van der Waals surface area contributed by atoms with E-state index in [1.165, 1.54) is 5.56 Å². The highest BCUT2D eigenvalue weighted by molar-refractivity contribution is 9.10. The van der Waals surface area contributed by atoms with Gasteiger partial charge in [0, 0.05) is 16.6 Å². The average Bonchev–Trinajstić information content (AvgIpc) is 2.45. The molecule has 0 aromatic heterocycles. The molecular formula is C17H17Br2NO2. The second kappa shape index (κ2) is 8.34. The van der Waals surface area contributed by atoms with Gasteiger partial charge in [0.1, 0.15) is 5.75 Å². The number of rotatable bonds is 6. The Morgan fingerprint density at radius 1 is 1.18 bits per heavy atom. The van der Waals surface area contributed by atoms with Crippen LogP contribution in [0.4, 0.5) is 5.69 Å². The van der Waals surface area contributed by atoms with Crippen LogP contribution in [0.15, 0.2) is 51.4 Å². The summed E-state index contributed by atoms with van der Waals surface area (Å²) >= 11 is 6.85. The third kappa shape index (κ3) is 5.46. The van der Waals surface area contributed by atoms with Gasteiger partial charge in [-0.05, 0) is 65.2 Å². The van der Waals surface area contributed by atoms with Gasteiger partial charge in [-0.25, -0.2) is 0 Å². The van der Waals surface area contributed by atoms with Crippen LogP contribution >= 0.6 is 31.9 Å². The van der Waals surface area contributed by atoms with E-state index in [0.29, 0.717) is 19.4 Å². The summed E-state index contributed by atoms with van der Waals surface area (Å²) in [5.74, 6) is 0.794. The Labute approximate surface area is 147 Å². The van der Waals surface area contributed by atoms with Crippen LogP contribution in [0, 0.1) is 6.92 Å². The molecule has 0 atom stereocenters. The Hall–Kier alpha value is -1.33. The van der Waals surface area contributed by atoms with E-state index in [1.807, 2.05) is 49.4 Å². The predicted molar refractivity (Wildman–Crippen MR) is 96.4 cm³/mol. The van der Waals surface area contributed by atoms with Crippen molar-refractivity contribution in [3.05, 3.63) is 57.0 Å². The van der Waals surface area contributed by atoms with Crippen molar-refractivity contribution < 1.29 is 9.53 Å². The first kappa shape index (κ1) is 17.0. The van der Waals surface area contributed by atoms with Gasteiger partial charge >= 0.3 is 0 Å². The van der Waals surface area contributed by atoms with E-state index in [-0.39, 0.29) is 5.91 Å². The third-order valence-corrected chi connectivity index (χ3v) is 4.11. The smallest absolute Gasteiger partial charge is 0.224 e. The zero-order chi connectivity index (χ0) is 15.9. The highest BCUT2D eigenvalue weighted by Crippen LogP contribution is 2.25. The highest BCUT2D eigenvalue weighted by Gasteiger charge is 2.04. The van der Waals surface area contributed by atoms with Crippen LogP contribution in [-0.4, -0.2) is 12.5 Å². The number of halogens is 2. The van der Waals surface area contributed by atoms with Crippen molar-refractivity contribution >= 4 is 43.5 Å². The number of nitrogens with one attached hydrogen (secondary N) is 1. The molecule has 0 bridgehead atoms. The Balaban J connectivity index is 1.73. The van der Waals surface area contributed by atoms with Gasteiger partial charge in [-0.1, -0.05) is 28.1 Å². The third-order valence-electron chi connectivity index (χ3n) is 3.00. The molecule has 116 valence electrons. The zero-order valence-corrected chi connectivity index (χ0v) is 15.4. The average molecular weight is 427 g/mol. The summed E-state index contributed by atoms with van der Waals surface area (Å²) in [6.07, 6.45) is 1.09. The lowest BCUT2D eigenvalue weighted by molar-refractivity contribution is -0.116. The summed E-state index contributed by atoms with van der Waals surface area (Å²) in [6, 6.07) is 13.5. The van der Waals surface area contributed by atoms with E-state index >= 15 is 0 Å². The molecule has 1 N–H and O–H groups in total. The number of hydrogen-bond donors (Lipinski definition) is 1. The monoisotopic (exact) mass is 425 g/mol. The van der Waals surface area contributed by atoms with Crippen LogP contribution in [0.5, 0.6) is 5.75 Å². The molecule has 0 fully saturated rings. The fraction of sp³-hybridized carbons (Fsp3) is 0.235. The van der Waals surface area contributed by atoms with Crippen LogP contribution in [0.2, 0.25) is 0 Å². The molecule has 0 aliphatic heterocycles. The SMILES string of the molecule is Cc1ccc(OCCCC(=O)Nc2cccc(Br)c2)c(Br)c1. The minimum Gasteiger partial charge on any atom is -0.492 e. The minimum atomic E-state index is -0.00956. The molecular weight excluding hydrogens is 410 g/mol. The van der Waals surface area contributed by atoms with Crippen molar-refractivity contribution in [2.45, 2.75) is 19.8 Å². The molecule has 22 heavy (non-hydrogen) atoms. The molecule has 0 saturated heterocycles. The molecule has 0 unspecified atom stereocenters. The molecule has 5 heteroatoms. The molecule has 1 amide bonds. The topological polar surface area (TPSA) is 38.3 Å². The summed E-state index contributed by atoms with van der Waals surface area (Å²) in [5.41, 5.74) is 1.97. The second-order valence-corrected chi connectivity index (χ2v) is 6.71.